The van der Waals surface area contributed by atoms with Gasteiger partial charge in [-0.3, -0.25) is 0 Å². The van der Waals surface area contributed by atoms with E-state index in [9.17, 15) is 9.18 Å². The molecule has 116 valence electrons. The molecule has 2 aromatic carbocycles. The van der Waals surface area contributed by atoms with Gasteiger partial charge in [-0.1, -0.05) is 23.7 Å². The van der Waals surface area contributed by atoms with Crippen molar-refractivity contribution in [3.05, 3.63) is 59.4 Å². The van der Waals surface area contributed by atoms with E-state index in [2.05, 4.69) is 5.32 Å². The van der Waals surface area contributed by atoms with Crippen LogP contribution in [0.25, 0.3) is 0 Å². The summed E-state index contributed by atoms with van der Waals surface area (Å²) in [7, 11) is 1.63. The zero-order chi connectivity index (χ0) is 15.9. The summed E-state index contributed by atoms with van der Waals surface area (Å²) < 4.78 is 18.7. The number of likely N-dealkylation sites (N-methyl/N-ethyl adjacent to an activating group) is 1. The van der Waals surface area contributed by atoms with Crippen molar-refractivity contribution >= 4 is 23.3 Å². The van der Waals surface area contributed by atoms with Gasteiger partial charge in [-0.25, -0.2) is 9.18 Å². The summed E-state index contributed by atoms with van der Waals surface area (Å²) in [6.07, 6.45) is 0. The minimum absolute atomic E-state index is 0.175. The molecule has 0 atom stereocenters. The van der Waals surface area contributed by atoms with Crippen molar-refractivity contribution in [2.45, 2.75) is 0 Å². The number of para-hydroxylation sites is 1. The molecule has 2 rings (SSSR count). The van der Waals surface area contributed by atoms with Crippen LogP contribution in [0, 0.1) is 5.82 Å². The Kier molecular flexibility index (Phi) is 5.61. The third-order valence-corrected chi connectivity index (χ3v) is 3.22. The topological polar surface area (TPSA) is 41.6 Å². The van der Waals surface area contributed by atoms with Crippen LogP contribution in [-0.4, -0.2) is 31.1 Å². The molecule has 1 N–H and O–H groups in total. The SMILES string of the molecule is CN(CCOc1ccccc1F)C(=O)Nc1ccc(Cl)cc1. The van der Waals surface area contributed by atoms with Crippen LogP contribution in [0.5, 0.6) is 5.75 Å². The second-order valence-electron chi connectivity index (χ2n) is 4.64. The molecule has 0 fully saturated rings. The lowest BCUT2D eigenvalue weighted by Gasteiger charge is -2.18. The molecule has 4 nitrogen and oxygen atoms in total. The standard InChI is InChI=1S/C16H16ClFN2O2/c1-20(10-11-22-15-5-3-2-4-14(15)18)16(21)19-13-8-6-12(17)7-9-13/h2-9H,10-11H2,1H3,(H,19,21). The van der Waals surface area contributed by atoms with Gasteiger partial charge in [0.2, 0.25) is 0 Å². The summed E-state index contributed by atoms with van der Waals surface area (Å²) in [6, 6.07) is 12.7. The number of urea groups is 1. The molecular formula is C16H16ClFN2O2. The first kappa shape index (κ1) is 16.1. The molecular weight excluding hydrogens is 307 g/mol. The van der Waals surface area contributed by atoms with E-state index in [1.807, 2.05) is 0 Å². The fourth-order valence-electron chi connectivity index (χ4n) is 1.71. The number of rotatable bonds is 5. The predicted octanol–water partition coefficient (Wildman–Crippen LogP) is 4.02. The quantitative estimate of drug-likeness (QED) is 0.903. The average Bonchev–Trinajstić information content (AvgIpc) is 2.51. The fraction of sp³-hybridized carbons (Fsp3) is 0.188. The summed E-state index contributed by atoms with van der Waals surface area (Å²) in [4.78, 5) is 13.4. The number of hydrogen-bond acceptors (Lipinski definition) is 2. The monoisotopic (exact) mass is 322 g/mol. The van der Waals surface area contributed by atoms with Crippen LogP contribution in [0.2, 0.25) is 5.02 Å². The molecule has 0 aliphatic rings. The molecule has 0 saturated carbocycles. The number of hydrogen-bond donors (Lipinski definition) is 1. The Morgan fingerprint density at radius 3 is 2.59 bits per heavy atom. The fourth-order valence-corrected chi connectivity index (χ4v) is 1.83. The van der Waals surface area contributed by atoms with Gasteiger partial charge in [-0.2, -0.15) is 0 Å². The van der Waals surface area contributed by atoms with Gasteiger partial charge in [-0.15, -0.1) is 0 Å². The number of anilines is 1. The molecule has 0 spiro atoms. The molecule has 0 aliphatic heterocycles. The van der Waals surface area contributed by atoms with Crippen LogP contribution >= 0.6 is 11.6 Å². The van der Waals surface area contributed by atoms with Crippen LogP contribution in [0.4, 0.5) is 14.9 Å². The van der Waals surface area contributed by atoms with Gasteiger partial charge < -0.3 is 15.0 Å². The molecule has 2 aromatic rings. The van der Waals surface area contributed by atoms with Gasteiger partial charge in [0.05, 0.1) is 6.54 Å². The number of carbonyl (C=O) groups is 1. The molecule has 0 heterocycles. The highest BCUT2D eigenvalue weighted by Gasteiger charge is 2.09. The van der Waals surface area contributed by atoms with Gasteiger partial charge in [0.15, 0.2) is 11.6 Å². The number of carbonyl (C=O) groups excluding carboxylic acids is 1. The summed E-state index contributed by atoms with van der Waals surface area (Å²) in [5, 5.41) is 3.33. The highest BCUT2D eigenvalue weighted by Crippen LogP contribution is 2.15. The number of benzene rings is 2. The number of halogens is 2. The van der Waals surface area contributed by atoms with Crippen molar-refractivity contribution in [2.24, 2.45) is 0 Å². The van der Waals surface area contributed by atoms with E-state index in [-0.39, 0.29) is 18.4 Å². The predicted molar refractivity (Wildman–Crippen MR) is 85.0 cm³/mol. The molecule has 0 unspecified atom stereocenters. The third-order valence-electron chi connectivity index (χ3n) is 2.96. The first-order chi connectivity index (χ1) is 10.6. The van der Waals surface area contributed by atoms with Gasteiger partial charge in [0, 0.05) is 17.8 Å². The zero-order valence-corrected chi connectivity index (χ0v) is 12.8. The Morgan fingerprint density at radius 1 is 1.23 bits per heavy atom. The molecule has 2 amide bonds. The molecule has 0 radical (unpaired) electrons. The average molecular weight is 323 g/mol. The third kappa shape index (κ3) is 4.63. The molecule has 0 aliphatic carbocycles. The Balaban J connectivity index is 1.79. The summed E-state index contributed by atoms with van der Waals surface area (Å²) in [6.45, 7) is 0.527. The van der Waals surface area contributed by atoms with E-state index < -0.39 is 5.82 Å². The van der Waals surface area contributed by atoms with Crippen LogP contribution in [0.1, 0.15) is 0 Å². The molecule has 6 heteroatoms. The van der Waals surface area contributed by atoms with Gasteiger partial charge >= 0.3 is 6.03 Å². The highest BCUT2D eigenvalue weighted by atomic mass is 35.5. The van der Waals surface area contributed by atoms with Gasteiger partial charge in [0.25, 0.3) is 0 Å². The maximum absolute atomic E-state index is 13.4. The van der Waals surface area contributed by atoms with Crippen molar-refractivity contribution < 1.29 is 13.9 Å². The van der Waals surface area contributed by atoms with Crippen molar-refractivity contribution in [3.8, 4) is 5.75 Å². The maximum Gasteiger partial charge on any atom is 0.321 e. The normalized spacial score (nSPS) is 10.1. The van der Waals surface area contributed by atoms with Crippen molar-refractivity contribution in [1.29, 1.82) is 0 Å². The largest absolute Gasteiger partial charge is 0.489 e. The van der Waals surface area contributed by atoms with E-state index in [1.54, 1.807) is 49.5 Å². The van der Waals surface area contributed by atoms with E-state index in [1.165, 1.54) is 11.0 Å². The Morgan fingerprint density at radius 2 is 1.91 bits per heavy atom. The van der Waals surface area contributed by atoms with Crippen molar-refractivity contribution in [3.63, 3.8) is 0 Å². The molecule has 0 bridgehead atoms. The smallest absolute Gasteiger partial charge is 0.321 e. The summed E-state index contributed by atoms with van der Waals surface area (Å²) >= 11 is 5.78. The van der Waals surface area contributed by atoms with Crippen LogP contribution in [-0.2, 0) is 0 Å². The number of nitrogens with zero attached hydrogens (tertiary/aromatic N) is 1. The lowest BCUT2D eigenvalue weighted by atomic mass is 10.3. The first-order valence-corrected chi connectivity index (χ1v) is 7.09. The van der Waals surface area contributed by atoms with Crippen LogP contribution in [0.15, 0.2) is 48.5 Å². The second kappa shape index (κ2) is 7.66. The van der Waals surface area contributed by atoms with E-state index in [0.29, 0.717) is 17.3 Å². The summed E-state index contributed by atoms with van der Waals surface area (Å²) in [5.41, 5.74) is 0.649. The van der Waals surface area contributed by atoms with E-state index in [4.69, 9.17) is 16.3 Å². The molecule has 0 aromatic heterocycles. The lowest BCUT2D eigenvalue weighted by Crippen LogP contribution is -2.34. The number of nitrogens with one attached hydrogen (secondary N) is 1. The minimum Gasteiger partial charge on any atom is -0.489 e. The minimum atomic E-state index is -0.421. The number of ether oxygens (including phenoxy) is 1. The summed E-state index contributed by atoms with van der Waals surface area (Å²) in [5.74, 6) is -0.246. The van der Waals surface area contributed by atoms with E-state index >= 15 is 0 Å². The van der Waals surface area contributed by atoms with Crippen LogP contribution in [0.3, 0.4) is 0 Å². The maximum atomic E-state index is 13.4. The zero-order valence-electron chi connectivity index (χ0n) is 12.1. The van der Waals surface area contributed by atoms with Gasteiger partial charge in [0.1, 0.15) is 6.61 Å². The lowest BCUT2D eigenvalue weighted by molar-refractivity contribution is 0.206. The van der Waals surface area contributed by atoms with Gasteiger partial charge in [-0.05, 0) is 36.4 Å². The van der Waals surface area contributed by atoms with Crippen molar-refractivity contribution in [1.82, 2.24) is 4.90 Å². The first-order valence-electron chi connectivity index (χ1n) is 6.71. The highest BCUT2D eigenvalue weighted by molar-refractivity contribution is 6.30. The Labute approximate surface area is 133 Å². The Hall–Kier alpha value is -2.27. The molecule has 0 saturated heterocycles. The molecule has 22 heavy (non-hydrogen) atoms. The van der Waals surface area contributed by atoms with Crippen molar-refractivity contribution in [2.75, 3.05) is 25.5 Å². The van der Waals surface area contributed by atoms with E-state index in [0.717, 1.165) is 0 Å². The number of amides is 2. The van der Waals surface area contributed by atoms with Crippen LogP contribution < -0.4 is 10.1 Å². The second-order valence-corrected chi connectivity index (χ2v) is 5.07. The Bertz CT molecular complexity index is 634.